The Bertz CT molecular complexity index is 949. The highest BCUT2D eigenvalue weighted by atomic mass is 35.5. The van der Waals surface area contributed by atoms with Crippen LogP contribution in [0.3, 0.4) is 0 Å². The number of hydrogen-bond donors (Lipinski definition) is 1. The lowest BCUT2D eigenvalue weighted by atomic mass is 10.2. The fraction of sp³-hybridized carbons (Fsp3) is 0.167. The van der Waals surface area contributed by atoms with Gasteiger partial charge in [0.15, 0.2) is 0 Å². The number of nitrogens with one attached hydrogen (secondary N) is 1. The van der Waals surface area contributed by atoms with E-state index in [4.69, 9.17) is 16.3 Å². The van der Waals surface area contributed by atoms with Crippen molar-refractivity contribution in [3.63, 3.8) is 0 Å². The molecular formula is C18H17ClN4O2. The van der Waals surface area contributed by atoms with E-state index in [0.717, 1.165) is 5.56 Å². The molecule has 0 saturated heterocycles. The lowest BCUT2D eigenvalue weighted by molar-refractivity contribution is 0.0948. The topological polar surface area (TPSA) is 68.0 Å². The number of aromatic nitrogens is 2. The molecule has 0 unspecified atom stereocenters. The first-order valence-corrected chi connectivity index (χ1v) is 8.17. The summed E-state index contributed by atoms with van der Waals surface area (Å²) in [6.07, 6.45) is 3.20. The van der Waals surface area contributed by atoms with Crippen molar-refractivity contribution in [2.75, 3.05) is 6.61 Å². The van der Waals surface area contributed by atoms with Crippen LogP contribution in [0.4, 0.5) is 0 Å². The third-order valence-electron chi connectivity index (χ3n) is 3.56. The molecule has 0 saturated carbocycles. The zero-order valence-electron chi connectivity index (χ0n) is 13.9. The molecule has 1 N–H and O–H groups in total. The molecule has 0 fully saturated rings. The molecule has 2 heterocycles. The van der Waals surface area contributed by atoms with E-state index in [9.17, 15) is 4.79 Å². The van der Waals surface area contributed by atoms with Crippen LogP contribution < -0.4 is 10.2 Å². The number of para-hydroxylation sites is 1. The Morgan fingerprint density at radius 3 is 2.96 bits per heavy atom. The molecule has 0 aliphatic carbocycles. The maximum atomic E-state index is 12.5. The van der Waals surface area contributed by atoms with Crippen LogP contribution in [0.2, 0.25) is 5.02 Å². The van der Waals surface area contributed by atoms with Crippen LogP contribution in [0.15, 0.2) is 47.7 Å². The number of halogens is 1. The highest BCUT2D eigenvalue weighted by molar-refractivity contribution is 6.30. The number of pyridine rings is 1. The van der Waals surface area contributed by atoms with Gasteiger partial charge in [0.2, 0.25) is 0 Å². The van der Waals surface area contributed by atoms with Gasteiger partial charge in [-0.2, -0.15) is 5.10 Å². The molecular weight excluding hydrogens is 340 g/mol. The lowest BCUT2D eigenvalue weighted by Crippen LogP contribution is -2.20. The third-order valence-corrected chi connectivity index (χ3v) is 3.78. The summed E-state index contributed by atoms with van der Waals surface area (Å²) in [5.41, 5.74) is 4.95. The Morgan fingerprint density at radius 1 is 1.36 bits per heavy atom. The summed E-state index contributed by atoms with van der Waals surface area (Å²) in [4.78, 5) is 16.8. The second kappa shape index (κ2) is 7.36. The Morgan fingerprint density at radius 2 is 2.16 bits per heavy atom. The van der Waals surface area contributed by atoms with Crippen molar-refractivity contribution in [2.24, 2.45) is 5.10 Å². The Kier molecular flexibility index (Phi) is 5.00. The molecule has 0 spiro atoms. The van der Waals surface area contributed by atoms with Crippen LogP contribution in [0.5, 0.6) is 5.75 Å². The van der Waals surface area contributed by atoms with Gasteiger partial charge in [-0.05, 0) is 38.1 Å². The molecule has 1 amide bonds. The van der Waals surface area contributed by atoms with Gasteiger partial charge in [0, 0.05) is 11.8 Å². The molecule has 0 aliphatic heterocycles. The van der Waals surface area contributed by atoms with Crippen LogP contribution in [0.1, 0.15) is 28.7 Å². The summed E-state index contributed by atoms with van der Waals surface area (Å²) < 4.78 is 7.17. The fourth-order valence-electron chi connectivity index (χ4n) is 2.50. The van der Waals surface area contributed by atoms with E-state index in [1.54, 1.807) is 35.9 Å². The number of carbonyl (C=O) groups excluding carboxylic acids is 1. The molecule has 2 aromatic heterocycles. The summed E-state index contributed by atoms with van der Waals surface area (Å²) in [7, 11) is 0. The predicted octanol–water partition coefficient (Wildman–Crippen LogP) is 3.46. The van der Waals surface area contributed by atoms with E-state index in [-0.39, 0.29) is 5.91 Å². The standard InChI is InChI=1S/C18H17ClN4O2/c1-3-25-15-7-5-4-6-13(15)10-20-22-18(24)17-12(2)21-16-9-8-14(19)11-23(16)17/h4-11H,3H2,1-2H3,(H,22,24)/b20-10-. The van der Waals surface area contributed by atoms with Crippen LogP contribution in [0.25, 0.3) is 5.65 Å². The van der Waals surface area contributed by atoms with Crippen LogP contribution >= 0.6 is 11.6 Å². The van der Waals surface area contributed by atoms with E-state index < -0.39 is 0 Å². The van der Waals surface area contributed by atoms with E-state index in [1.165, 1.54) is 0 Å². The summed E-state index contributed by atoms with van der Waals surface area (Å²) in [5, 5.41) is 4.55. The number of ether oxygens (including phenoxy) is 1. The molecule has 0 atom stereocenters. The number of hydrogen-bond acceptors (Lipinski definition) is 4. The van der Waals surface area contributed by atoms with Gasteiger partial charge < -0.3 is 4.74 Å². The number of carbonyl (C=O) groups is 1. The Hall–Kier alpha value is -2.86. The molecule has 128 valence electrons. The number of hydrazone groups is 1. The first-order chi connectivity index (χ1) is 12.1. The molecule has 7 heteroatoms. The van der Waals surface area contributed by atoms with Crippen molar-refractivity contribution in [1.82, 2.24) is 14.8 Å². The van der Waals surface area contributed by atoms with Gasteiger partial charge in [-0.15, -0.1) is 0 Å². The largest absolute Gasteiger partial charge is 0.493 e. The first kappa shape index (κ1) is 17.0. The molecule has 1 aromatic carbocycles. The lowest BCUT2D eigenvalue weighted by Gasteiger charge is -2.06. The van der Waals surface area contributed by atoms with Crippen molar-refractivity contribution in [3.05, 3.63) is 64.6 Å². The molecule has 25 heavy (non-hydrogen) atoms. The Balaban J connectivity index is 1.82. The number of amides is 1. The van der Waals surface area contributed by atoms with Crippen molar-refractivity contribution < 1.29 is 9.53 Å². The van der Waals surface area contributed by atoms with Gasteiger partial charge in [0.25, 0.3) is 5.91 Å². The van der Waals surface area contributed by atoms with E-state index in [0.29, 0.717) is 34.4 Å². The fourth-order valence-corrected chi connectivity index (χ4v) is 2.66. The molecule has 3 rings (SSSR count). The third kappa shape index (κ3) is 3.64. The number of rotatable bonds is 5. The SMILES string of the molecule is CCOc1ccccc1/C=N\NC(=O)c1c(C)nc2ccc(Cl)cn12. The number of benzene rings is 1. The number of aryl methyl sites for hydroxylation is 1. The first-order valence-electron chi connectivity index (χ1n) is 7.79. The summed E-state index contributed by atoms with van der Waals surface area (Å²) in [6, 6.07) is 11.0. The summed E-state index contributed by atoms with van der Waals surface area (Å²) in [6.45, 7) is 4.23. The molecule has 0 aliphatic rings. The van der Waals surface area contributed by atoms with Crippen molar-refractivity contribution in [1.29, 1.82) is 0 Å². The van der Waals surface area contributed by atoms with Gasteiger partial charge in [0.1, 0.15) is 17.1 Å². The summed E-state index contributed by atoms with van der Waals surface area (Å²) >= 11 is 6.01. The van der Waals surface area contributed by atoms with E-state index in [1.807, 2.05) is 31.2 Å². The van der Waals surface area contributed by atoms with Gasteiger partial charge in [-0.3, -0.25) is 9.20 Å². The molecule has 6 nitrogen and oxygen atoms in total. The maximum Gasteiger partial charge on any atom is 0.290 e. The molecule has 0 radical (unpaired) electrons. The zero-order valence-corrected chi connectivity index (χ0v) is 14.6. The predicted molar refractivity (Wildman–Crippen MR) is 97.6 cm³/mol. The molecule has 3 aromatic rings. The number of nitrogens with zero attached hydrogens (tertiary/aromatic N) is 3. The van der Waals surface area contributed by atoms with E-state index in [2.05, 4.69) is 15.5 Å². The highest BCUT2D eigenvalue weighted by Gasteiger charge is 2.16. The smallest absolute Gasteiger partial charge is 0.290 e. The van der Waals surface area contributed by atoms with E-state index >= 15 is 0 Å². The normalized spacial score (nSPS) is 11.2. The second-order valence-corrected chi connectivity index (χ2v) is 5.73. The van der Waals surface area contributed by atoms with Gasteiger partial charge >= 0.3 is 0 Å². The van der Waals surface area contributed by atoms with Crippen LogP contribution in [-0.4, -0.2) is 28.1 Å². The number of imidazole rings is 1. The minimum Gasteiger partial charge on any atom is -0.493 e. The average molecular weight is 357 g/mol. The molecule has 0 bridgehead atoms. The van der Waals surface area contributed by atoms with Crippen LogP contribution in [0, 0.1) is 6.92 Å². The van der Waals surface area contributed by atoms with Crippen molar-refractivity contribution in [2.45, 2.75) is 13.8 Å². The zero-order chi connectivity index (χ0) is 17.8. The number of fused-ring (bicyclic) bond motifs is 1. The Labute approximate surface area is 150 Å². The average Bonchev–Trinajstić information content (AvgIpc) is 2.91. The monoisotopic (exact) mass is 356 g/mol. The van der Waals surface area contributed by atoms with Crippen molar-refractivity contribution >= 4 is 29.4 Å². The van der Waals surface area contributed by atoms with Crippen LogP contribution in [-0.2, 0) is 0 Å². The van der Waals surface area contributed by atoms with Gasteiger partial charge in [0.05, 0.1) is 23.5 Å². The van der Waals surface area contributed by atoms with Gasteiger partial charge in [-0.25, -0.2) is 10.4 Å². The van der Waals surface area contributed by atoms with Gasteiger partial charge in [-0.1, -0.05) is 23.7 Å². The summed E-state index contributed by atoms with van der Waals surface area (Å²) in [5.74, 6) is 0.346. The quantitative estimate of drug-likeness (QED) is 0.562. The minimum absolute atomic E-state index is 0.364. The second-order valence-electron chi connectivity index (χ2n) is 5.29. The minimum atomic E-state index is -0.364. The maximum absolute atomic E-state index is 12.5. The van der Waals surface area contributed by atoms with Crippen molar-refractivity contribution in [3.8, 4) is 5.75 Å². The highest BCUT2D eigenvalue weighted by Crippen LogP contribution is 2.17.